The first-order chi connectivity index (χ1) is 17.2. The maximum Gasteiger partial charge on any atom is 0.263 e. The molecule has 0 bridgehead atoms. The molecule has 0 radical (unpaired) electrons. The molecule has 0 saturated carbocycles. The highest BCUT2D eigenvalue weighted by atomic mass is 79.9. The molecule has 0 aliphatic rings. The lowest BCUT2D eigenvalue weighted by molar-refractivity contribution is 0.216. The van der Waals surface area contributed by atoms with Gasteiger partial charge in [0.25, 0.3) is 15.9 Å². The fourth-order valence-corrected chi connectivity index (χ4v) is 4.60. The van der Waals surface area contributed by atoms with E-state index in [9.17, 15) is 8.42 Å². The summed E-state index contributed by atoms with van der Waals surface area (Å²) in [7, 11) is -2.28. The van der Waals surface area contributed by atoms with Crippen LogP contribution >= 0.6 is 15.9 Å². The molecular formula is C25H31BrN4O5S. The lowest BCUT2D eigenvalue weighted by Gasteiger charge is -2.19. The van der Waals surface area contributed by atoms with E-state index in [1.165, 1.54) is 18.3 Å². The second-order valence-corrected chi connectivity index (χ2v) is 10.4. The van der Waals surface area contributed by atoms with Gasteiger partial charge in [0.05, 0.1) is 18.2 Å². The standard InChI is InChI=1S/C25H31BrN4O5S/c1-5-30(6-2)13-14-34-22-15-19(9-12-21(22)33-4)17-35-25-24(27-16-23(26)28-25)29-36(31,32)20-10-7-18(3)8-11-20/h7-12,15-16H,5-6,13-14,17H2,1-4H3,(H,27,29). The Kier molecular flexibility index (Phi) is 9.91. The maximum absolute atomic E-state index is 12.9. The third kappa shape index (κ3) is 7.55. The number of methoxy groups -OCH3 is 1. The Bertz CT molecular complexity index is 1250. The molecule has 11 heteroatoms. The van der Waals surface area contributed by atoms with Crippen LogP contribution in [0.5, 0.6) is 17.4 Å². The van der Waals surface area contributed by atoms with Crippen LogP contribution in [0.3, 0.4) is 0 Å². The fourth-order valence-electron chi connectivity index (χ4n) is 3.33. The number of anilines is 1. The molecule has 3 aromatic rings. The number of aromatic nitrogens is 2. The topological polar surface area (TPSA) is 103 Å². The lowest BCUT2D eigenvalue weighted by Crippen LogP contribution is -2.28. The molecule has 9 nitrogen and oxygen atoms in total. The molecule has 3 rings (SSSR count). The van der Waals surface area contributed by atoms with Crippen molar-refractivity contribution in [3.63, 3.8) is 0 Å². The van der Waals surface area contributed by atoms with Crippen LogP contribution in [0.2, 0.25) is 0 Å². The molecule has 1 N–H and O–H groups in total. The number of hydrogen-bond donors (Lipinski definition) is 1. The first-order valence-corrected chi connectivity index (χ1v) is 13.8. The number of halogens is 1. The highest BCUT2D eigenvalue weighted by Crippen LogP contribution is 2.30. The van der Waals surface area contributed by atoms with Crippen LogP contribution in [0.4, 0.5) is 5.82 Å². The number of aryl methyl sites for hydroxylation is 1. The molecule has 0 aliphatic carbocycles. The third-order valence-electron chi connectivity index (χ3n) is 5.44. The predicted octanol–water partition coefficient (Wildman–Crippen LogP) is 4.66. The molecule has 194 valence electrons. The molecule has 0 atom stereocenters. The number of likely N-dealkylation sites (N-methyl/N-ethyl adjacent to an activating group) is 1. The molecule has 0 aliphatic heterocycles. The Morgan fingerprint density at radius 1 is 1.03 bits per heavy atom. The Morgan fingerprint density at radius 2 is 1.75 bits per heavy atom. The van der Waals surface area contributed by atoms with Gasteiger partial charge in [-0.15, -0.1) is 0 Å². The van der Waals surface area contributed by atoms with Crippen molar-refractivity contribution in [2.45, 2.75) is 32.3 Å². The minimum Gasteiger partial charge on any atom is -0.493 e. The normalized spacial score (nSPS) is 11.4. The van der Waals surface area contributed by atoms with Gasteiger partial charge >= 0.3 is 0 Å². The fraction of sp³-hybridized carbons (Fsp3) is 0.360. The van der Waals surface area contributed by atoms with Crippen LogP contribution in [0.25, 0.3) is 0 Å². The smallest absolute Gasteiger partial charge is 0.263 e. The summed E-state index contributed by atoms with van der Waals surface area (Å²) >= 11 is 3.27. The molecule has 0 unspecified atom stereocenters. The second kappa shape index (κ2) is 12.9. The monoisotopic (exact) mass is 578 g/mol. The quantitative estimate of drug-likeness (QED) is 0.312. The molecule has 36 heavy (non-hydrogen) atoms. The Morgan fingerprint density at radius 3 is 2.42 bits per heavy atom. The van der Waals surface area contributed by atoms with E-state index >= 15 is 0 Å². The number of benzene rings is 2. The molecule has 1 heterocycles. The largest absolute Gasteiger partial charge is 0.493 e. The third-order valence-corrected chi connectivity index (χ3v) is 7.17. The second-order valence-electron chi connectivity index (χ2n) is 7.91. The van der Waals surface area contributed by atoms with Crippen molar-refractivity contribution in [2.24, 2.45) is 0 Å². The van der Waals surface area contributed by atoms with Gasteiger partial charge in [0.1, 0.15) is 17.8 Å². The summed E-state index contributed by atoms with van der Waals surface area (Å²) in [6.45, 7) is 9.45. The Balaban J connectivity index is 1.74. The van der Waals surface area contributed by atoms with E-state index in [4.69, 9.17) is 14.2 Å². The summed E-state index contributed by atoms with van der Waals surface area (Å²) in [5.74, 6) is 1.25. The van der Waals surface area contributed by atoms with Crippen LogP contribution in [0.1, 0.15) is 25.0 Å². The minimum absolute atomic E-state index is 0.0111. The van der Waals surface area contributed by atoms with Gasteiger partial charge in [0, 0.05) is 6.54 Å². The van der Waals surface area contributed by atoms with Crippen molar-refractivity contribution in [1.82, 2.24) is 14.9 Å². The van der Waals surface area contributed by atoms with Gasteiger partial charge in [0.2, 0.25) is 5.82 Å². The molecule has 0 saturated heterocycles. The average molecular weight is 580 g/mol. The minimum atomic E-state index is -3.87. The number of nitrogens with one attached hydrogen (secondary N) is 1. The highest BCUT2D eigenvalue weighted by Gasteiger charge is 2.19. The summed E-state index contributed by atoms with van der Waals surface area (Å²) in [5.41, 5.74) is 1.75. The summed E-state index contributed by atoms with van der Waals surface area (Å²) in [5, 5.41) is 0. The van der Waals surface area contributed by atoms with E-state index in [2.05, 4.69) is 49.4 Å². The van der Waals surface area contributed by atoms with Crippen molar-refractivity contribution in [3.05, 3.63) is 64.4 Å². The van der Waals surface area contributed by atoms with Crippen LogP contribution < -0.4 is 18.9 Å². The van der Waals surface area contributed by atoms with Crippen LogP contribution in [0, 0.1) is 6.92 Å². The van der Waals surface area contributed by atoms with Gasteiger partial charge in [-0.3, -0.25) is 4.72 Å². The molecule has 2 aromatic carbocycles. The molecular weight excluding hydrogens is 548 g/mol. The zero-order valence-corrected chi connectivity index (χ0v) is 23.2. The summed E-state index contributed by atoms with van der Waals surface area (Å²) < 4.78 is 45.9. The van der Waals surface area contributed by atoms with Crippen molar-refractivity contribution in [2.75, 3.05) is 38.1 Å². The average Bonchev–Trinajstić information content (AvgIpc) is 2.87. The van der Waals surface area contributed by atoms with Gasteiger partial charge in [-0.25, -0.2) is 18.4 Å². The van der Waals surface area contributed by atoms with Crippen LogP contribution in [-0.2, 0) is 16.6 Å². The maximum atomic E-state index is 12.9. The van der Waals surface area contributed by atoms with E-state index < -0.39 is 10.0 Å². The van der Waals surface area contributed by atoms with Gasteiger partial charge in [-0.05, 0) is 65.8 Å². The van der Waals surface area contributed by atoms with E-state index in [1.807, 2.05) is 19.1 Å². The number of nitrogens with zero attached hydrogens (tertiary/aromatic N) is 3. The Hall–Kier alpha value is -2.89. The number of hydrogen-bond acceptors (Lipinski definition) is 8. The van der Waals surface area contributed by atoms with E-state index in [-0.39, 0.29) is 23.2 Å². The Labute approximate surface area is 221 Å². The first kappa shape index (κ1) is 27.7. The summed E-state index contributed by atoms with van der Waals surface area (Å²) in [6.07, 6.45) is 1.40. The van der Waals surface area contributed by atoms with E-state index in [0.29, 0.717) is 22.7 Å². The van der Waals surface area contributed by atoms with Gasteiger partial charge in [-0.2, -0.15) is 0 Å². The lowest BCUT2D eigenvalue weighted by atomic mass is 10.2. The predicted molar refractivity (Wildman–Crippen MR) is 142 cm³/mol. The van der Waals surface area contributed by atoms with Crippen LogP contribution in [-0.4, -0.2) is 56.6 Å². The molecule has 1 aromatic heterocycles. The van der Waals surface area contributed by atoms with Crippen molar-refractivity contribution in [3.8, 4) is 17.4 Å². The van der Waals surface area contributed by atoms with Gasteiger partial charge in [0.15, 0.2) is 11.5 Å². The number of sulfonamides is 1. The van der Waals surface area contributed by atoms with Gasteiger partial charge < -0.3 is 19.1 Å². The van der Waals surface area contributed by atoms with E-state index in [0.717, 1.165) is 30.8 Å². The van der Waals surface area contributed by atoms with Crippen molar-refractivity contribution < 1.29 is 22.6 Å². The number of rotatable bonds is 13. The SMILES string of the molecule is CCN(CC)CCOc1cc(COc2nc(Br)cnc2NS(=O)(=O)c2ccc(C)cc2)ccc1OC. The molecule has 0 fully saturated rings. The summed E-state index contributed by atoms with van der Waals surface area (Å²) in [4.78, 5) is 10.8. The molecule has 0 amide bonds. The molecule has 0 spiro atoms. The number of ether oxygens (including phenoxy) is 3. The zero-order valence-electron chi connectivity index (χ0n) is 20.8. The van der Waals surface area contributed by atoms with E-state index in [1.54, 1.807) is 25.3 Å². The first-order valence-electron chi connectivity index (χ1n) is 11.5. The van der Waals surface area contributed by atoms with Crippen molar-refractivity contribution >= 4 is 31.8 Å². The highest BCUT2D eigenvalue weighted by molar-refractivity contribution is 9.10. The van der Waals surface area contributed by atoms with Crippen LogP contribution in [0.15, 0.2) is 58.2 Å². The van der Waals surface area contributed by atoms with Crippen molar-refractivity contribution in [1.29, 1.82) is 0 Å². The van der Waals surface area contributed by atoms with Gasteiger partial charge in [-0.1, -0.05) is 37.6 Å². The zero-order chi connectivity index (χ0) is 26.1. The summed E-state index contributed by atoms with van der Waals surface area (Å²) in [6, 6.07) is 12.0.